The minimum Gasteiger partial charge on any atom is -0.444 e. The molecule has 3 N–H and O–H groups in total. The number of amides is 1. The first-order chi connectivity index (χ1) is 8.79. The Bertz CT molecular complexity index is 326. The van der Waals surface area contributed by atoms with E-state index in [9.17, 15) is 4.79 Å². The van der Waals surface area contributed by atoms with Crippen LogP contribution >= 0.6 is 0 Å². The van der Waals surface area contributed by atoms with Crippen LogP contribution in [0, 0.1) is 0 Å². The number of rotatable bonds is 4. The van der Waals surface area contributed by atoms with Crippen LogP contribution in [0.4, 0.5) is 4.79 Å². The number of nitrogens with two attached hydrogens (primary N) is 1. The summed E-state index contributed by atoms with van der Waals surface area (Å²) < 4.78 is 5.37. The first-order valence-corrected chi connectivity index (χ1v) is 7.18. The van der Waals surface area contributed by atoms with Crippen molar-refractivity contribution in [2.45, 2.75) is 70.4 Å². The molecule has 0 spiro atoms. The van der Waals surface area contributed by atoms with Gasteiger partial charge in [-0.1, -0.05) is 31.4 Å². The monoisotopic (exact) mass is 268 g/mol. The molecule has 0 aromatic heterocycles. The van der Waals surface area contributed by atoms with Crippen molar-refractivity contribution in [1.82, 2.24) is 5.32 Å². The van der Waals surface area contributed by atoms with Gasteiger partial charge >= 0.3 is 6.09 Å². The normalized spacial score (nSPS) is 18.7. The zero-order chi connectivity index (χ0) is 14.5. The Morgan fingerprint density at radius 3 is 2.37 bits per heavy atom. The van der Waals surface area contributed by atoms with Gasteiger partial charge in [0.05, 0.1) is 5.54 Å². The SMILES string of the molecule is C=C(CCN)C1(NC(=O)OC(C)(C)C)CCCCC1. The first-order valence-electron chi connectivity index (χ1n) is 7.18. The molecule has 1 fully saturated rings. The first kappa shape index (κ1) is 16.0. The number of alkyl carbamates (subject to hydrolysis) is 1. The molecular formula is C15H28N2O2. The average Bonchev–Trinajstić information content (AvgIpc) is 2.27. The van der Waals surface area contributed by atoms with Crippen LogP contribution in [0.5, 0.6) is 0 Å². The Labute approximate surface area is 116 Å². The van der Waals surface area contributed by atoms with Gasteiger partial charge in [0.2, 0.25) is 0 Å². The van der Waals surface area contributed by atoms with Crippen molar-refractivity contribution in [3.63, 3.8) is 0 Å². The second-order valence-corrected chi connectivity index (χ2v) is 6.41. The van der Waals surface area contributed by atoms with Crippen molar-refractivity contribution in [3.8, 4) is 0 Å². The second-order valence-electron chi connectivity index (χ2n) is 6.41. The van der Waals surface area contributed by atoms with E-state index in [1.807, 2.05) is 20.8 Å². The molecule has 0 aromatic carbocycles. The van der Waals surface area contributed by atoms with Gasteiger partial charge in [-0.25, -0.2) is 4.79 Å². The van der Waals surface area contributed by atoms with Crippen LogP contribution < -0.4 is 11.1 Å². The van der Waals surface area contributed by atoms with Crippen LogP contribution in [0.3, 0.4) is 0 Å². The zero-order valence-corrected chi connectivity index (χ0v) is 12.6. The molecule has 4 heteroatoms. The fraction of sp³-hybridized carbons (Fsp3) is 0.800. The highest BCUT2D eigenvalue weighted by Crippen LogP contribution is 2.35. The molecule has 0 bridgehead atoms. The largest absolute Gasteiger partial charge is 0.444 e. The summed E-state index contributed by atoms with van der Waals surface area (Å²) in [5, 5.41) is 3.06. The molecule has 1 saturated carbocycles. The van der Waals surface area contributed by atoms with Gasteiger partial charge < -0.3 is 15.8 Å². The van der Waals surface area contributed by atoms with Crippen LogP contribution in [-0.2, 0) is 4.74 Å². The molecule has 0 saturated heterocycles. The highest BCUT2D eigenvalue weighted by molar-refractivity contribution is 5.69. The van der Waals surface area contributed by atoms with E-state index in [4.69, 9.17) is 10.5 Å². The highest BCUT2D eigenvalue weighted by atomic mass is 16.6. The van der Waals surface area contributed by atoms with Gasteiger partial charge in [0.15, 0.2) is 0 Å². The van der Waals surface area contributed by atoms with E-state index >= 15 is 0 Å². The van der Waals surface area contributed by atoms with Crippen molar-refractivity contribution in [3.05, 3.63) is 12.2 Å². The maximum absolute atomic E-state index is 12.0. The summed E-state index contributed by atoms with van der Waals surface area (Å²) in [5.74, 6) is 0. The molecule has 1 aliphatic carbocycles. The minimum absolute atomic E-state index is 0.319. The maximum atomic E-state index is 12.0. The molecule has 0 heterocycles. The molecule has 0 aliphatic heterocycles. The Kier molecular flexibility index (Phi) is 5.41. The van der Waals surface area contributed by atoms with E-state index in [1.165, 1.54) is 6.42 Å². The number of hydrogen-bond acceptors (Lipinski definition) is 3. The van der Waals surface area contributed by atoms with Gasteiger partial charge in [-0.05, 0) is 46.6 Å². The lowest BCUT2D eigenvalue weighted by molar-refractivity contribution is 0.0448. The van der Waals surface area contributed by atoms with Gasteiger partial charge in [0, 0.05) is 0 Å². The Morgan fingerprint density at radius 2 is 1.89 bits per heavy atom. The molecule has 1 aliphatic rings. The fourth-order valence-corrected chi connectivity index (χ4v) is 2.63. The third-order valence-electron chi connectivity index (χ3n) is 3.57. The van der Waals surface area contributed by atoms with Gasteiger partial charge in [-0.15, -0.1) is 0 Å². The molecule has 4 nitrogen and oxygen atoms in total. The minimum atomic E-state index is -0.477. The Morgan fingerprint density at radius 1 is 1.32 bits per heavy atom. The summed E-state index contributed by atoms with van der Waals surface area (Å²) in [7, 11) is 0. The van der Waals surface area contributed by atoms with E-state index < -0.39 is 5.60 Å². The fourth-order valence-electron chi connectivity index (χ4n) is 2.63. The summed E-state index contributed by atoms with van der Waals surface area (Å²) >= 11 is 0. The molecule has 0 atom stereocenters. The molecule has 0 aromatic rings. The van der Waals surface area contributed by atoms with Crippen molar-refractivity contribution < 1.29 is 9.53 Å². The number of hydrogen-bond donors (Lipinski definition) is 2. The number of nitrogens with one attached hydrogen (secondary N) is 1. The van der Waals surface area contributed by atoms with Gasteiger partial charge in [0.1, 0.15) is 5.60 Å². The lowest BCUT2D eigenvalue weighted by Crippen LogP contribution is -2.52. The summed E-state index contributed by atoms with van der Waals surface area (Å²) in [4.78, 5) is 12.0. The van der Waals surface area contributed by atoms with Crippen LogP contribution in [0.15, 0.2) is 12.2 Å². The number of ether oxygens (including phenoxy) is 1. The standard InChI is InChI=1S/C15H28N2O2/c1-12(8-11-16)15(9-6-5-7-10-15)17-13(18)19-14(2,3)4/h1,5-11,16H2,2-4H3,(H,17,18). The molecule has 0 unspecified atom stereocenters. The molecule has 0 radical (unpaired) electrons. The number of carbonyl (C=O) groups is 1. The van der Waals surface area contributed by atoms with E-state index in [1.54, 1.807) is 0 Å². The van der Waals surface area contributed by atoms with E-state index in [0.717, 1.165) is 37.7 Å². The van der Waals surface area contributed by atoms with E-state index in [2.05, 4.69) is 11.9 Å². The average molecular weight is 268 g/mol. The second kappa shape index (κ2) is 6.42. The highest BCUT2D eigenvalue weighted by Gasteiger charge is 2.37. The smallest absolute Gasteiger partial charge is 0.408 e. The quantitative estimate of drug-likeness (QED) is 0.770. The van der Waals surface area contributed by atoms with Crippen LogP contribution in [0.1, 0.15) is 59.3 Å². The molecule has 110 valence electrons. The predicted molar refractivity (Wildman–Crippen MR) is 78.0 cm³/mol. The Balaban J connectivity index is 2.74. The summed E-state index contributed by atoms with van der Waals surface area (Å²) in [6.07, 6.45) is 5.70. The number of carbonyl (C=O) groups excluding carboxylic acids is 1. The van der Waals surface area contributed by atoms with Gasteiger partial charge in [-0.2, -0.15) is 0 Å². The summed E-state index contributed by atoms with van der Waals surface area (Å²) in [5.41, 5.74) is 5.85. The zero-order valence-electron chi connectivity index (χ0n) is 12.6. The predicted octanol–water partition coefficient (Wildman–Crippen LogP) is 3.12. The molecule has 19 heavy (non-hydrogen) atoms. The van der Waals surface area contributed by atoms with E-state index in [0.29, 0.717) is 6.54 Å². The van der Waals surface area contributed by atoms with E-state index in [-0.39, 0.29) is 11.6 Å². The van der Waals surface area contributed by atoms with Crippen molar-refractivity contribution in [2.24, 2.45) is 5.73 Å². The molecule has 1 amide bonds. The van der Waals surface area contributed by atoms with Crippen molar-refractivity contribution in [1.29, 1.82) is 0 Å². The third kappa shape index (κ3) is 4.86. The summed E-state index contributed by atoms with van der Waals surface area (Å²) in [6.45, 7) is 10.3. The van der Waals surface area contributed by atoms with Crippen LogP contribution in [0.25, 0.3) is 0 Å². The van der Waals surface area contributed by atoms with Crippen LogP contribution in [-0.4, -0.2) is 23.8 Å². The van der Waals surface area contributed by atoms with Crippen molar-refractivity contribution in [2.75, 3.05) is 6.54 Å². The lowest BCUT2D eigenvalue weighted by Gasteiger charge is -2.40. The van der Waals surface area contributed by atoms with Crippen molar-refractivity contribution >= 4 is 6.09 Å². The van der Waals surface area contributed by atoms with Gasteiger partial charge in [0.25, 0.3) is 0 Å². The van der Waals surface area contributed by atoms with Crippen LogP contribution in [0.2, 0.25) is 0 Å². The summed E-state index contributed by atoms with van der Waals surface area (Å²) in [6, 6.07) is 0. The topological polar surface area (TPSA) is 64.3 Å². The Hall–Kier alpha value is -1.03. The van der Waals surface area contributed by atoms with Gasteiger partial charge in [-0.3, -0.25) is 0 Å². The third-order valence-corrected chi connectivity index (χ3v) is 3.57. The molecule has 1 rings (SSSR count). The lowest BCUT2D eigenvalue weighted by atomic mass is 9.76. The molecular weight excluding hydrogens is 240 g/mol. The maximum Gasteiger partial charge on any atom is 0.408 e.